The van der Waals surface area contributed by atoms with Crippen LogP contribution >= 0.6 is 0 Å². The highest BCUT2D eigenvalue weighted by Crippen LogP contribution is 2.44. The molecule has 1 unspecified atom stereocenters. The maximum atomic E-state index is 13.9. The summed E-state index contributed by atoms with van der Waals surface area (Å²) in [6.45, 7) is 36.2. The molecule has 0 amide bonds. The molecule has 6 heterocycles. The Labute approximate surface area is 428 Å². The van der Waals surface area contributed by atoms with E-state index in [2.05, 4.69) is 162 Å². The predicted molar refractivity (Wildman–Crippen MR) is 295 cm³/mol. The maximum Gasteiger partial charge on any atom is 0.312 e. The van der Waals surface area contributed by atoms with Crippen molar-refractivity contribution in [2.45, 2.75) is 219 Å². The van der Waals surface area contributed by atoms with Crippen molar-refractivity contribution in [2.24, 2.45) is 0 Å². The minimum absolute atomic E-state index is 0. The molecule has 4 aromatic heterocycles. The topological polar surface area (TPSA) is 196 Å². The van der Waals surface area contributed by atoms with E-state index in [0.29, 0.717) is 24.2 Å². The molecule has 398 valence electrons. The van der Waals surface area contributed by atoms with Crippen LogP contribution in [0.25, 0.3) is 22.3 Å². The quantitative estimate of drug-likeness (QED) is 0.0613. The Bertz CT molecular complexity index is 2540. The van der Waals surface area contributed by atoms with Crippen molar-refractivity contribution in [1.29, 1.82) is 0 Å². The van der Waals surface area contributed by atoms with Crippen molar-refractivity contribution in [3.05, 3.63) is 24.8 Å². The Hall–Kier alpha value is -3.65. The highest BCUT2D eigenvalue weighted by molar-refractivity contribution is 6.87. The second-order valence-corrected chi connectivity index (χ2v) is 41.5. The Balaban J connectivity index is 0.000000365. The molecule has 0 aliphatic carbocycles. The largest absolute Gasteiger partial charge is 0.413 e. The number of hydrogen-bond donors (Lipinski definition) is 3. The summed E-state index contributed by atoms with van der Waals surface area (Å²) in [5.41, 5.74) is 18.5. The van der Waals surface area contributed by atoms with E-state index >= 15 is 0 Å². The molecule has 71 heavy (non-hydrogen) atoms. The monoisotopic (exact) mass is 1060 g/mol. The second-order valence-electron chi connectivity index (χ2n) is 22.1. The number of nitrogens with two attached hydrogens (primary N) is 2. The number of nitrogens with zero attached hydrogens (tertiary/aromatic N) is 8. The van der Waals surface area contributed by atoms with Gasteiger partial charge in [-0.05, 0) is 85.4 Å². The lowest BCUT2D eigenvalue weighted by Gasteiger charge is -2.38. The van der Waals surface area contributed by atoms with Gasteiger partial charge >= 0.3 is 12.2 Å². The van der Waals surface area contributed by atoms with Gasteiger partial charge in [0.25, 0.3) is 0 Å². The summed E-state index contributed by atoms with van der Waals surface area (Å²) in [7, 11) is -7.59. The average molecular weight is 1060 g/mol. The summed E-state index contributed by atoms with van der Waals surface area (Å²) >= 11 is 0. The van der Waals surface area contributed by atoms with Crippen molar-refractivity contribution in [1.82, 2.24) is 39.0 Å². The van der Waals surface area contributed by atoms with Crippen molar-refractivity contribution in [2.75, 3.05) is 24.7 Å². The van der Waals surface area contributed by atoms with Crippen molar-refractivity contribution in [3.8, 4) is 22.9 Å². The Morgan fingerprint density at radius 1 is 0.676 bits per heavy atom. The number of ether oxygens (including phenoxy) is 2. The molecule has 5 atom stereocenters. The van der Waals surface area contributed by atoms with E-state index in [1.165, 1.54) is 10.9 Å². The fourth-order valence-corrected chi connectivity index (χ4v) is 15.3. The van der Waals surface area contributed by atoms with Gasteiger partial charge < -0.3 is 34.9 Å². The lowest BCUT2D eigenvalue weighted by Crippen LogP contribution is -2.46. The molecule has 0 radical (unpaired) electrons. The molecule has 5 N–H and O–H groups in total. The van der Waals surface area contributed by atoms with Gasteiger partial charge in [-0.1, -0.05) is 110 Å². The Kier molecular flexibility index (Phi) is 20.2. The van der Waals surface area contributed by atoms with Gasteiger partial charge in [0.1, 0.15) is 28.5 Å². The summed E-state index contributed by atoms with van der Waals surface area (Å²) in [5.74, 6) is 7.03. The normalized spacial score (nSPS) is 21.9. The number of anilines is 2. The van der Waals surface area contributed by atoms with E-state index in [4.69, 9.17) is 29.8 Å². The third-order valence-electron chi connectivity index (χ3n) is 15.9. The van der Waals surface area contributed by atoms with Crippen LogP contribution in [0.4, 0.5) is 20.4 Å². The molecule has 15 nitrogen and oxygen atoms in total. The molecule has 0 aromatic carbocycles. The maximum absolute atomic E-state index is 13.9. The van der Waals surface area contributed by atoms with Crippen LogP contribution in [0, 0.1) is 35.1 Å². The number of hydrogen-bond acceptors (Lipinski definition) is 13. The third kappa shape index (κ3) is 13.4. The molecular weight excluding hydrogens is 971 g/mol. The van der Waals surface area contributed by atoms with E-state index < -0.39 is 68.5 Å². The lowest BCUT2D eigenvalue weighted by molar-refractivity contribution is -0.0769. The van der Waals surface area contributed by atoms with Gasteiger partial charge in [-0.15, -0.1) is 11.1 Å². The number of halogens is 2. The Morgan fingerprint density at radius 3 is 1.49 bits per heavy atom. The van der Waals surface area contributed by atoms with Crippen LogP contribution in [-0.4, -0.2) is 107 Å². The smallest absolute Gasteiger partial charge is 0.312 e. The molecule has 2 fully saturated rings. The van der Waals surface area contributed by atoms with Crippen LogP contribution < -0.4 is 11.5 Å². The number of aliphatic hydroxyl groups excluding tert-OH is 1. The molecule has 0 bridgehead atoms. The summed E-state index contributed by atoms with van der Waals surface area (Å²) in [4.78, 5) is 23.5. The first-order chi connectivity index (χ1) is 32.0. The zero-order valence-corrected chi connectivity index (χ0v) is 48.2. The zero-order valence-electron chi connectivity index (χ0n) is 44.2. The molecule has 4 aromatic rings. The van der Waals surface area contributed by atoms with E-state index in [1.807, 2.05) is 0 Å². The highest BCUT2D eigenvalue weighted by Gasteiger charge is 2.50. The van der Waals surface area contributed by atoms with E-state index in [1.54, 1.807) is 10.9 Å². The third-order valence-corrected chi connectivity index (χ3v) is 34.3. The molecule has 0 spiro atoms. The minimum atomic E-state index is -2.11. The second kappa shape index (κ2) is 23.3. The van der Waals surface area contributed by atoms with Crippen molar-refractivity contribution < 1.29 is 32.2 Å². The van der Waals surface area contributed by atoms with E-state index in [0.717, 1.165) is 42.7 Å². The molecule has 6 rings (SSSR count). The summed E-state index contributed by atoms with van der Waals surface area (Å²) in [6, 6.07) is 6.53. The average Bonchev–Trinajstić information content (AvgIpc) is 4.08. The number of aromatic nitrogens is 8. The standard InChI is InChI=1S/C24H40FN5O3Si2.C24H40FN5O2Si2.2CH4/c1-9-35(10-2,11-3)13-12-24(15-32-34(7,8)23(4,5)6)14-17(31)21(33-24)30-16-27-18-19(26)28-22(25)29-20(18)30;1-9-34(10-2,11-3)15-14-24(16-31-33(7,8)23(4,5)6)13-12-18(32-24)30-17-27-19-20(26)28-22(25)29-21(19)30;;/h16-17,21,31H,9-11,14-15H2,1-8H3,(H2,26,28,29);17-18H,9-13,16H2,1-8H3,(H2,26,28,29);2*1H4/t17?,21-,24+;18-,24-;;/m11../s1. The van der Waals surface area contributed by atoms with E-state index in [9.17, 15) is 13.9 Å². The molecular formula is C50H88F2N10O5Si4. The summed E-state index contributed by atoms with van der Waals surface area (Å²) in [5, 5.41) is 11.2. The molecule has 2 aliphatic heterocycles. The van der Waals surface area contributed by atoms with Crippen LogP contribution in [0.1, 0.15) is 130 Å². The van der Waals surface area contributed by atoms with Crippen molar-refractivity contribution >= 4 is 66.7 Å². The van der Waals surface area contributed by atoms with Gasteiger partial charge in [-0.2, -0.15) is 28.7 Å². The summed E-state index contributed by atoms with van der Waals surface area (Å²) < 4.78 is 57.5. The summed E-state index contributed by atoms with van der Waals surface area (Å²) in [6.07, 6.45) is 0.765. The molecule has 0 saturated carbocycles. The number of aliphatic hydroxyl groups is 1. The minimum Gasteiger partial charge on any atom is -0.413 e. The van der Waals surface area contributed by atoms with Crippen LogP contribution in [0.3, 0.4) is 0 Å². The predicted octanol–water partition coefficient (Wildman–Crippen LogP) is 11.6. The molecule has 2 saturated heterocycles. The fourth-order valence-electron chi connectivity index (χ4n) is 8.18. The van der Waals surface area contributed by atoms with Gasteiger partial charge in [-0.3, -0.25) is 9.13 Å². The van der Waals surface area contributed by atoms with Crippen LogP contribution in [0.5, 0.6) is 0 Å². The first-order valence-electron chi connectivity index (χ1n) is 24.7. The fraction of sp³-hybridized carbons (Fsp3) is 0.720. The van der Waals surface area contributed by atoms with Gasteiger partial charge in [0, 0.05) is 6.42 Å². The SMILES string of the molecule is C.C.CC[Si](C#C[C@@]1(CO[Si](C)(C)C(C)(C)C)CC(O)[C@H](n2cnc3c(N)nc(F)nc32)O1)(CC)CC.CC[Si](C#C[C@@]1(CO[Si](C)(C)C(C)(C)C)CC[C@H](n2cnc3c(N)nc(F)nc32)O1)(CC)CC. The van der Waals surface area contributed by atoms with Gasteiger partial charge in [0.15, 0.2) is 68.0 Å². The van der Waals surface area contributed by atoms with Gasteiger partial charge in [0.05, 0.1) is 25.9 Å². The first-order valence-corrected chi connectivity index (χ1v) is 35.8. The number of fused-ring (bicyclic) bond motifs is 2. The lowest BCUT2D eigenvalue weighted by atomic mass is 10.0. The number of imidazole rings is 2. The van der Waals surface area contributed by atoms with Gasteiger partial charge in [-0.25, -0.2) is 9.97 Å². The number of rotatable bonds is 14. The first kappa shape index (κ1) is 61.6. The Morgan fingerprint density at radius 2 is 1.07 bits per heavy atom. The van der Waals surface area contributed by atoms with Crippen LogP contribution in [0.2, 0.25) is 72.5 Å². The number of nitrogen functional groups attached to an aromatic ring is 2. The van der Waals surface area contributed by atoms with Crippen LogP contribution in [0.15, 0.2) is 12.7 Å². The molecule has 2 aliphatic rings. The van der Waals surface area contributed by atoms with Crippen LogP contribution in [-0.2, 0) is 18.3 Å². The van der Waals surface area contributed by atoms with Crippen molar-refractivity contribution in [3.63, 3.8) is 0 Å². The highest BCUT2D eigenvalue weighted by atomic mass is 28.4. The van der Waals surface area contributed by atoms with Gasteiger partial charge in [0.2, 0.25) is 0 Å². The molecule has 21 heteroatoms. The van der Waals surface area contributed by atoms with E-state index in [-0.39, 0.29) is 67.0 Å². The zero-order chi connectivity index (χ0) is 51.6.